The fourth-order valence-corrected chi connectivity index (χ4v) is 4.51. The first-order chi connectivity index (χ1) is 18.1. The molecular weight excluding hydrogens is 466 g/mol. The van der Waals surface area contributed by atoms with Gasteiger partial charge in [0.25, 0.3) is 11.8 Å². The van der Waals surface area contributed by atoms with Crippen LogP contribution < -0.4 is 10.2 Å². The van der Waals surface area contributed by atoms with Crippen LogP contribution in [-0.2, 0) is 24.2 Å². The smallest absolute Gasteiger partial charge is 0.277 e. The van der Waals surface area contributed by atoms with Crippen molar-refractivity contribution in [1.29, 1.82) is 5.26 Å². The third-order valence-electron chi connectivity index (χ3n) is 6.38. The normalized spacial score (nSPS) is 12.5. The van der Waals surface area contributed by atoms with Gasteiger partial charge in [-0.2, -0.15) is 10.4 Å². The van der Waals surface area contributed by atoms with Gasteiger partial charge in [0.2, 0.25) is 0 Å². The Morgan fingerprint density at radius 3 is 2.57 bits per heavy atom. The van der Waals surface area contributed by atoms with Crippen LogP contribution in [0, 0.1) is 11.3 Å². The predicted molar refractivity (Wildman–Crippen MR) is 138 cm³/mol. The van der Waals surface area contributed by atoms with Gasteiger partial charge in [0, 0.05) is 24.3 Å². The maximum atomic E-state index is 13.5. The first kappa shape index (κ1) is 23.7. The summed E-state index contributed by atoms with van der Waals surface area (Å²) in [4.78, 5) is 39.1. The summed E-state index contributed by atoms with van der Waals surface area (Å²) in [7, 11) is 0. The molecule has 4 aromatic rings. The number of rotatable bonds is 7. The van der Waals surface area contributed by atoms with Crippen molar-refractivity contribution in [1.82, 2.24) is 9.78 Å². The monoisotopic (exact) mass is 489 g/mol. The molecule has 3 aromatic carbocycles. The van der Waals surface area contributed by atoms with Crippen molar-refractivity contribution in [2.45, 2.75) is 19.4 Å². The average molecular weight is 490 g/mol. The number of nitrogens with one attached hydrogen (secondary N) is 1. The topological polar surface area (TPSA) is 108 Å². The molecule has 0 atom stereocenters. The molecule has 5 rings (SSSR count). The van der Waals surface area contributed by atoms with Crippen LogP contribution in [0.15, 0.2) is 79.0 Å². The zero-order chi connectivity index (χ0) is 25.8. The third kappa shape index (κ3) is 4.88. The molecular formula is C29H23N5O3. The van der Waals surface area contributed by atoms with Crippen molar-refractivity contribution >= 4 is 29.5 Å². The summed E-state index contributed by atoms with van der Waals surface area (Å²) in [5.41, 5.74) is 5.20. The summed E-state index contributed by atoms with van der Waals surface area (Å²) in [6.07, 6.45) is 3.37. The first-order valence-corrected chi connectivity index (χ1v) is 11.9. The molecule has 2 amide bonds. The highest BCUT2D eigenvalue weighted by Gasteiger charge is 2.32. The molecule has 0 unspecified atom stereocenters. The zero-order valence-corrected chi connectivity index (χ0v) is 19.9. The van der Waals surface area contributed by atoms with Crippen molar-refractivity contribution in [3.05, 3.63) is 113 Å². The van der Waals surface area contributed by atoms with Crippen LogP contribution in [0.25, 0.3) is 0 Å². The van der Waals surface area contributed by atoms with Crippen LogP contribution in [0.4, 0.5) is 11.4 Å². The highest BCUT2D eigenvalue weighted by molar-refractivity contribution is 6.15. The van der Waals surface area contributed by atoms with Crippen LogP contribution in [0.1, 0.15) is 43.1 Å². The molecule has 0 spiro atoms. The number of benzene rings is 3. The zero-order valence-electron chi connectivity index (χ0n) is 19.9. The van der Waals surface area contributed by atoms with Gasteiger partial charge in [0.05, 0.1) is 29.9 Å². The maximum Gasteiger partial charge on any atom is 0.277 e. The van der Waals surface area contributed by atoms with Gasteiger partial charge in [-0.05, 0) is 53.4 Å². The molecule has 0 bridgehead atoms. The minimum atomic E-state index is -0.462. The highest BCUT2D eigenvalue weighted by Crippen LogP contribution is 2.25. The van der Waals surface area contributed by atoms with E-state index in [9.17, 15) is 14.4 Å². The van der Waals surface area contributed by atoms with E-state index in [2.05, 4.69) is 10.4 Å². The van der Waals surface area contributed by atoms with Gasteiger partial charge in [0.1, 0.15) is 12.0 Å². The van der Waals surface area contributed by atoms with Crippen molar-refractivity contribution < 1.29 is 14.4 Å². The lowest BCUT2D eigenvalue weighted by atomic mass is 9.98. The van der Waals surface area contributed by atoms with Gasteiger partial charge in [0.15, 0.2) is 0 Å². The number of anilines is 2. The lowest BCUT2D eigenvalue weighted by molar-refractivity contribution is -0.107. The Kier molecular flexibility index (Phi) is 6.60. The van der Waals surface area contributed by atoms with Crippen LogP contribution in [0.5, 0.6) is 0 Å². The number of hydrogen-bond acceptors (Lipinski definition) is 5. The van der Waals surface area contributed by atoms with E-state index in [0.717, 1.165) is 28.7 Å². The number of nitrogens with zero attached hydrogens (tertiary/aromatic N) is 4. The van der Waals surface area contributed by atoms with E-state index < -0.39 is 5.91 Å². The Morgan fingerprint density at radius 2 is 1.81 bits per heavy atom. The predicted octanol–water partition coefficient (Wildman–Crippen LogP) is 4.00. The molecule has 182 valence electrons. The van der Waals surface area contributed by atoms with Crippen LogP contribution in [0.3, 0.4) is 0 Å². The van der Waals surface area contributed by atoms with Crippen LogP contribution >= 0.6 is 0 Å². The van der Waals surface area contributed by atoms with E-state index in [1.54, 1.807) is 33.8 Å². The summed E-state index contributed by atoms with van der Waals surface area (Å²) >= 11 is 0. The minimum absolute atomic E-state index is 0.181. The largest absolute Gasteiger partial charge is 0.322 e. The van der Waals surface area contributed by atoms with Crippen LogP contribution in [0.2, 0.25) is 0 Å². The first-order valence-electron chi connectivity index (χ1n) is 11.9. The molecule has 37 heavy (non-hydrogen) atoms. The lowest BCUT2D eigenvalue weighted by Crippen LogP contribution is -2.41. The Labute approximate surface area is 213 Å². The van der Waals surface area contributed by atoms with Crippen molar-refractivity contribution in [2.24, 2.45) is 0 Å². The van der Waals surface area contributed by atoms with Gasteiger partial charge in [-0.15, -0.1) is 0 Å². The van der Waals surface area contributed by atoms with Gasteiger partial charge >= 0.3 is 0 Å². The molecule has 1 aromatic heterocycles. The maximum absolute atomic E-state index is 13.5. The van der Waals surface area contributed by atoms with E-state index in [-0.39, 0.29) is 17.2 Å². The summed E-state index contributed by atoms with van der Waals surface area (Å²) < 4.78 is 1.55. The number of amides is 2. The fraction of sp³-hybridized carbons (Fsp3) is 0.138. The second-order valence-corrected chi connectivity index (χ2v) is 8.72. The minimum Gasteiger partial charge on any atom is -0.322 e. The van der Waals surface area contributed by atoms with Gasteiger partial charge in [-0.25, -0.2) is 0 Å². The molecule has 0 saturated carbocycles. The molecule has 0 radical (unpaired) electrons. The number of aromatic nitrogens is 2. The van der Waals surface area contributed by atoms with Gasteiger partial charge < -0.3 is 15.0 Å². The summed E-state index contributed by atoms with van der Waals surface area (Å²) in [6, 6.07) is 24.2. The van der Waals surface area contributed by atoms with E-state index >= 15 is 0 Å². The fourth-order valence-electron chi connectivity index (χ4n) is 4.51. The standard InChI is InChI=1S/C29H23N5O3/c30-18-21-4-3-7-24(17-21)32-28(36)26-19-31-34-14-13-33(29(37)27(26)34)25-10-8-20(9-11-25)16-23-6-2-1-5-22(23)12-15-35/h1-11,15,17,19H,12-14,16H2,(H,32,36). The Balaban J connectivity index is 1.34. The molecule has 0 saturated heterocycles. The summed E-state index contributed by atoms with van der Waals surface area (Å²) in [5.74, 6) is -0.764. The molecule has 0 aliphatic carbocycles. The molecule has 1 aliphatic heterocycles. The van der Waals surface area contributed by atoms with Gasteiger partial charge in [-0.3, -0.25) is 14.3 Å². The number of hydrogen-bond donors (Lipinski definition) is 1. The second kappa shape index (κ2) is 10.3. The van der Waals surface area contributed by atoms with Crippen molar-refractivity contribution in [3.63, 3.8) is 0 Å². The molecule has 0 fully saturated rings. The SMILES string of the molecule is N#Cc1cccc(NC(=O)c2cnn3c2C(=O)N(c2ccc(Cc4ccccc4CC=O)cc2)CC3)c1. The van der Waals surface area contributed by atoms with E-state index in [0.29, 0.717) is 37.2 Å². The summed E-state index contributed by atoms with van der Waals surface area (Å²) in [5, 5.41) is 16.1. The second-order valence-electron chi connectivity index (χ2n) is 8.72. The quantitative estimate of drug-likeness (QED) is 0.395. The number of aldehydes is 1. The van der Waals surface area contributed by atoms with Crippen molar-refractivity contribution in [2.75, 3.05) is 16.8 Å². The molecule has 1 aliphatic rings. The van der Waals surface area contributed by atoms with Crippen molar-refractivity contribution in [3.8, 4) is 6.07 Å². The van der Waals surface area contributed by atoms with E-state index in [1.165, 1.54) is 6.20 Å². The Hall–Kier alpha value is -5.03. The number of fused-ring (bicyclic) bond motifs is 1. The molecule has 8 nitrogen and oxygen atoms in total. The third-order valence-corrected chi connectivity index (χ3v) is 6.38. The van der Waals surface area contributed by atoms with E-state index in [4.69, 9.17) is 5.26 Å². The Bertz CT molecular complexity index is 1530. The highest BCUT2D eigenvalue weighted by atomic mass is 16.2. The van der Waals surface area contributed by atoms with Gasteiger partial charge in [-0.1, -0.05) is 42.5 Å². The summed E-state index contributed by atoms with van der Waals surface area (Å²) in [6.45, 7) is 0.888. The average Bonchev–Trinajstić information content (AvgIpc) is 3.36. The number of carbonyl (C=O) groups excluding carboxylic acids is 3. The number of nitriles is 1. The van der Waals surface area contributed by atoms with E-state index in [1.807, 2.05) is 54.6 Å². The molecule has 8 heteroatoms. The molecule has 2 heterocycles. The lowest BCUT2D eigenvalue weighted by Gasteiger charge is -2.28. The number of carbonyl (C=O) groups is 3. The van der Waals surface area contributed by atoms with Crippen LogP contribution in [-0.4, -0.2) is 34.4 Å². The molecule has 1 N–H and O–H groups in total. The Morgan fingerprint density at radius 1 is 1.03 bits per heavy atom.